The second kappa shape index (κ2) is 12.4. The van der Waals surface area contributed by atoms with Crippen LogP contribution < -0.4 is 4.74 Å². The quantitative estimate of drug-likeness (QED) is 0.143. The van der Waals surface area contributed by atoms with Gasteiger partial charge in [-0.2, -0.15) is 5.10 Å². The minimum Gasteiger partial charge on any atom is -0.768 e. The summed E-state index contributed by atoms with van der Waals surface area (Å²) in [6, 6.07) is 12.1. The monoisotopic (exact) mass is 608 g/mol. The molecule has 220 valence electrons. The number of hydrogen-bond donors (Lipinski definition) is 0. The molecule has 0 aliphatic heterocycles. The molecule has 4 aromatic rings. The maximum atomic E-state index is 14.7. The highest BCUT2D eigenvalue weighted by molar-refractivity contribution is 7.79. The van der Waals surface area contributed by atoms with Crippen LogP contribution >= 0.6 is 11.3 Å². The second-order valence-electron chi connectivity index (χ2n) is 10.8. The zero-order valence-corrected chi connectivity index (χ0v) is 24.8. The number of ether oxygens (including phenoxy) is 2. The van der Waals surface area contributed by atoms with Gasteiger partial charge in [0.15, 0.2) is 5.69 Å². The molecule has 8 nitrogen and oxygen atoms in total. The first kappa shape index (κ1) is 28.7. The number of carbonyl (C=O) groups excluding carboxylic acids is 1. The second-order valence-corrected chi connectivity index (χ2v) is 12.5. The van der Waals surface area contributed by atoms with Gasteiger partial charge in [0.05, 0.1) is 29.0 Å². The van der Waals surface area contributed by atoms with E-state index in [-0.39, 0.29) is 23.3 Å². The van der Waals surface area contributed by atoms with Gasteiger partial charge in [-0.25, -0.2) is 18.9 Å². The first-order chi connectivity index (χ1) is 20.4. The molecule has 2 heterocycles. The Bertz CT molecular complexity index is 1620. The third-order valence-corrected chi connectivity index (χ3v) is 9.20. The Balaban J connectivity index is 1.45. The lowest BCUT2D eigenvalue weighted by Gasteiger charge is -2.14. The van der Waals surface area contributed by atoms with Crippen LogP contribution in [0.25, 0.3) is 16.4 Å². The van der Waals surface area contributed by atoms with E-state index in [2.05, 4.69) is 4.98 Å². The lowest BCUT2D eigenvalue weighted by molar-refractivity contribution is 0.0520. The molecule has 42 heavy (non-hydrogen) atoms. The highest BCUT2D eigenvalue weighted by atomic mass is 32.2. The molecule has 2 aromatic heterocycles. The predicted octanol–water partition coefficient (Wildman–Crippen LogP) is 6.41. The zero-order chi connectivity index (χ0) is 29.2. The van der Waals surface area contributed by atoms with Gasteiger partial charge in [-0.3, -0.25) is 4.21 Å². The van der Waals surface area contributed by atoms with Gasteiger partial charge in [0.1, 0.15) is 11.6 Å². The number of rotatable bonds is 11. The summed E-state index contributed by atoms with van der Waals surface area (Å²) < 4.78 is 50.8. The van der Waals surface area contributed by atoms with Crippen LogP contribution in [0.5, 0.6) is 5.75 Å². The van der Waals surface area contributed by atoms with E-state index in [1.807, 2.05) is 24.3 Å². The first-order valence-electron chi connectivity index (χ1n) is 14.3. The Hall–Kier alpha value is -3.41. The molecule has 0 N–H and O–H groups in total. The molecule has 1 unspecified atom stereocenters. The average Bonchev–Trinajstić information content (AvgIpc) is 3.31. The van der Waals surface area contributed by atoms with Crippen molar-refractivity contribution < 1.29 is 27.4 Å². The summed E-state index contributed by atoms with van der Waals surface area (Å²) in [5, 5.41) is 7.27. The minimum atomic E-state index is -2.66. The van der Waals surface area contributed by atoms with Gasteiger partial charge in [0, 0.05) is 22.9 Å². The van der Waals surface area contributed by atoms with Gasteiger partial charge in [-0.1, -0.05) is 18.2 Å². The fourth-order valence-electron chi connectivity index (χ4n) is 5.44. The molecule has 2 saturated carbocycles. The predicted molar refractivity (Wildman–Crippen MR) is 156 cm³/mol. The molecule has 1 atom stereocenters. The average molecular weight is 609 g/mol. The first-order valence-corrected chi connectivity index (χ1v) is 16.2. The third kappa shape index (κ3) is 6.33. The van der Waals surface area contributed by atoms with E-state index in [1.165, 1.54) is 36.3 Å². The molecule has 2 aromatic carbocycles. The summed E-state index contributed by atoms with van der Waals surface area (Å²) in [6.07, 6.45) is 7.92. The normalized spacial score (nSPS) is 16.1. The zero-order valence-electron chi connectivity index (χ0n) is 23.2. The van der Waals surface area contributed by atoms with Crippen molar-refractivity contribution in [3.63, 3.8) is 0 Å². The number of aromatic nitrogens is 3. The standard InChI is InChI=1S/C31H32FN3O5S2/c1-2-39-30(36)26-18-41-31(33-26)35-27(16-19-10-11-19)24(14-20-12-13-28(42(37)38)25(32)15-20)29(34-35)21-6-5-9-23(17-21)40-22-7-3-4-8-22/h5-6,9,12-13,15,17-19,22H,2-4,7-8,10-11,14,16H2,1H3,(H,37,38)/p-1. The fraction of sp³-hybridized carbons (Fsp3) is 0.387. The lowest BCUT2D eigenvalue weighted by atomic mass is 9.97. The minimum absolute atomic E-state index is 0.201. The molecule has 11 heteroatoms. The van der Waals surface area contributed by atoms with Crippen molar-refractivity contribution in [2.75, 3.05) is 6.61 Å². The van der Waals surface area contributed by atoms with E-state index in [4.69, 9.17) is 14.6 Å². The van der Waals surface area contributed by atoms with E-state index < -0.39 is 22.9 Å². The van der Waals surface area contributed by atoms with E-state index in [0.717, 1.165) is 54.7 Å². The molecule has 0 spiro atoms. The van der Waals surface area contributed by atoms with Crippen molar-refractivity contribution in [3.05, 3.63) is 76.2 Å². The van der Waals surface area contributed by atoms with E-state index in [1.54, 1.807) is 23.1 Å². The largest absolute Gasteiger partial charge is 0.768 e. The third-order valence-electron chi connectivity index (χ3n) is 7.70. The highest BCUT2D eigenvalue weighted by Gasteiger charge is 2.30. The van der Waals surface area contributed by atoms with E-state index in [9.17, 15) is 17.9 Å². The molecule has 2 aliphatic carbocycles. The summed E-state index contributed by atoms with van der Waals surface area (Å²) in [6.45, 7) is 2.00. The van der Waals surface area contributed by atoms with Crippen molar-refractivity contribution in [1.82, 2.24) is 14.8 Å². The Morgan fingerprint density at radius 3 is 2.69 bits per heavy atom. The van der Waals surface area contributed by atoms with E-state index in [0.29, 0.717) is 28.7 Å². The molecule has 0 radical (unpaired) electrons. The Morgan fingerprint density at radius 1 is 1.17 bits per heavy atom. The molecule has 0 amide bonds. The van der Waals surface area contributed by atoms with Gasteiger partial charge in [-0.05, 0) is 98.7 Å². The van der Waals surface area contributed by atoms with Crippen LogP contribution in [0.4, 0.5) is 4.39 Å². The van der Waals surface area contributed by atoms with E-state index >= 15 is 0 Å². The Labute approximate surface area is 250 Å². The molecular weight excluding hydrogens is 577 g/mol. The smallest absolute Gasteiger partial charge is 0.357 e. The van der Waals surface area contributed by atoms with Gasteiger partial charge < -0.3 is 14.0 Å². The Morgan fingerprint density at radius 2 is 1.98 bits per heavy atom. The van der Waals surface area contributed by atoms with Crippen LogP contribution in [0, 0.1) is 11.7 Å². The van der Waals surface area contributed by atoms with Crippen molar-refractivity contribution in [2.45, 2.75) is 69.3 Å². The van der Waals surface area contributed by atoms with Gasteiger partial charge in [0.25, 0.3) is 0 Å². The number of halogens is 1. The summed E-state index contributed by atoms with van der Waals surface area (Å²) in [5.41, 5.74) is 4.27. The van der Waals surface area contributed by atoms with Crippen molar-refractivity contribution in [1.29, 1.82) is 0 Å². The molecule has 2 aliphatic rings. The van der Waals surface area contributed by atoms with Crippen molar-refractivity contribution >= 4 is 28.4 Å². The maximum absolute atomic E-state index is 14.7. The molecule has 6 rings (SSSR count). The summed E-state index contributed by atoms with van der Waals surface area (Å²) in [7, 11) is 0. The SMILES string of the molecule is CCOC(=O)c1csc(-n2nc(-c3cccc(OC4CCCC4)c3)c(Cc3ccc(S(=O)[O-])c(F)c3)c2CC2CC2)n1. The number of esters is 1. The van der Waals surface area contributed by atoms with Crippen LogP contribution in [0.3, 0.4) is 0 Å². The molecule has 0 bridgehead atoms. The Kier molecular flexibility index (Phi) is 8.50. The number of benzene rings is 2. The lowest BCUT2D eigenvalue weighted by Crippen LogP contribution is -2.10. The number of nitrogens with zero attached hydrogens (tertiary/aromatic N) is 3. The van der Waals surface area contributed by atoms with Crippen LogP contribution in [0.15, 0.2) is 52.7 Å². The van der Waals surface area contributed by atoms with Gasteiger partial charge >= 0.3 is 5.97 Å². The molecule has 2 fully saturated rings. The van der Waals surface area contributed by atoms with Crippen LogP contribution in [-0.4, -0.2) is 42.2 Å². The maximum Gasteiger partial charge on any atom is 0.357 e. The summed E-state index contributed by atoms with van der Waals surface area (Å²) >= 11 is -1.35. The van der Waals surface area contributed by atoms with Crippen LogP contribution in [-0.2, 0) is 28.7 Å². The van der Waals surface area contributed by atoms with Crippen molar-refractivity contribution in [2.24, 2.45) is 5.92 Å². The summed E-state index contributed by atoms with van der Waals surface area (Å²) in [5.74, 6) is -0.00435. The molecule has 0 saturated heterocycles. The van der Waals surface area contributed by atoms with Gasteiger partial charge in [-0.15, -0.1) is 11.3 Å². The summed E-state index contributed by atoms with van der Waals surface area (Å²) in [4.78, 5) is 16.6. The van der Waals surface area contributed by atoms with Crippen LogP contribution in [0.2, 0.25) is 0 Å². The fourth-order valence-corrected chi connectivity index (χ4v) is 6.60. The highest BCUT2D eigenvalue weighted by Crippen LogP contribution is 2.39. The van der Waals surface area contributed by atoms with Gasteiger partial charge in [0.2, 0.25) is 5.13 Å². The van der Waals surface area contributed by atoms with Crippen LogP contribution in [0.1, 0.15) is 72.8 Å². The molecular formula is C31H31FN3O5S2-. The number of thiazole rings is 1. The topological polar surface area (TPSA) is 106 Å². The van der Waals surface area contributed by atoms with Crippen molar-refractivity contribution in [3.8, 4) is 22.1 Å². The number of hydrogen-bond acceptors (Lipinski definition) is 8. The number of carbonyl (C=O) groups is 1.